The number of esters is 1. The number of carbonyl (C=O) groups is 4. The fraction of sp³-hybridized carbons (Fsp3) is 0.533. The van der Waals surface area contributed by atoms with Crippen LogP contribution in [0.2, 0.25) is 0 Å². The summed E-state index contributed by atoms with van der Waals surface area (Å²) in [6.45, 7) is 6.54. The first kappa shape index (κ1) is 30.9. The number of nitrogens with zero attached hydrogens (tertiary/aromatic N) is 4. The van der Waals surface area contributed by atoms with Crippen LogP contribution in [0.3, 0.4) is 0 Å². The third kappa shape index (κ3) is 8.25. The molecule has 0 spiro atoms. The number of hydrogen-bond acceptors (Lipinski definition) is 8. The van der Waals surface area contributed by atoms with Crippen LogP contribution in [0.25, 0.3) is 11.4 Å². The molecule has 1 aliphatic heterocycles. The van der Waals surface area contributed by atoms with E-state index in [0.29, 0.717) is 18.3 Å². The maximum Gasteiger partial charge on any atom is 0.407 e. The van der Waals surface area contributed by atoms with Gasteiger partial charge in [0.25, 0.3) is 5.91 Å². The molecule has 42 heavy (non-hydrogen) atoms. The van der Waals surface area contributed by atoms with Gasteiger partial charge in [0.2, 0.25) is 5.91 Å². The summed E-state index contributed by atoms with van der Waals surface area (Å²) in [5, 5.41) is 12.1. The highest BCUT2D eigenvalue weighted by Gasteiger charge is 2.40. The maximum absolute atomic E-state index is 13.6. The number of carboxylic acid groups (broad SMARTS) is 1. The summed E-state index contributed by atoms with van der Waals surface area (Å²) in [5.74, 6) is -0.598. The van der Waals surface area contributed by atoms with Crippen LogP contribution < -0.4 is 5.32 Å². The molecule has 1 aliphatic carbocycles. The maximum atomic E-state index is 13.6. The van der Waals surface area contributed by atoms with Crippen molar-refractivity contribution in [3.63, 3.8) is 0 Å². The number of benzene rings is 1. The van der Waals surface area contributed by atoms with E-state index in [1.54, 1.807) is 33.9 Å². The van der Waals surface area contributed by atoms with E-state index in [0.717, 1.165) is 17.7 Å². The SMILES string of the molecule is COC[C@H]1C[C@@H]1c1cc(C(=O)N[C@@H](CCC(=O)OC(C)(C)C)C(=O)N2CCN(C(=O)O)CC2)nc(-c2ccccc2)n1. The van der Waals surface area contributed by atoms with Crippen molar-refractivity contribution in [2.24, 2.45) is 5.92 Å². The molecule has 226 valence electrons. The molecule has 2 aromatic rings. The highest BCUT2D eigenvalue weighted by atomic mass is 16.6. The van der Waals surface area contributed by atoms with E-state index in [1.807, 2.05) is 30.3 Å². The predicted molar refractivity (Wildman–Crippen MR) is 153 cm³/mol. The summed E-state index contributed by atoms with van der Waals surface area (Å²) in [6, 6.07) is 9.96. The molecule has 0 radical (unpaired) electrons. The molecule has 4 rings (SSSR count). The number of piperazine rings is 1. The van der Waals surface area contributed by atoms with Gasteiger partial charge in [-0.2, -0.15) is 0 Å². The fourth-order valence-electron chi connectivity index (χ4n) is 4.98. The first-order chi connectivity index (χ1) is 19.9. The molecular formula is C30H39N5O7. The van der Waals surface area contributed by atoms with Crippen LogP contribution in [0, 0.1) is 5.92 Å². The Morgan fingerprint density at radius 1 is 1.05 bits per heavy atom. The van der Waals surface area contributed by atoms with Crippen LogP contribution in [0.4, 0.5) is 4.79 Å². The van der Waals surface area contributed by atoms with Crippen molar-refractivity contribution in [1.29, 1.82) is 0 Å². The topological polar surface area (TPSA) is 151 Å². The molecule has 2 aliphatic rings. The molecule has 12 nitrogen and oxygen atoms in total. The zero-order valence-corrected chi connectivity index (χ0v) is 24.5. The summed E-state index contributed by atoms with van der Waals surface area (Å²) >= 11 is 0. The number of methoxy groups -OCH3 is 1. The van der Waals surface area contributed by atoms with Gasteiger partial charge in [0.15, 0.2) is 5.82 Å². The number of ether oxygens (including phenoxy) is 2. The smallest absolute Gasteiger partial charge is 0.407 e. The molecule has 0 bridgehead atoms. The van der Waals surface area contributed by atoms with Gasteiger partial charge >= 0.3 is 12.1 Å². The average molecular weight is 582 g/mol. The lowest BCUT2D eigenvalue weighted by atomic mass is 10.1. The van der Waals surface area contributed by atoms with Crippen LogP contribution in [0.15, 0.2) is 36.4 Å². The minimum absolute atomic E-state index is 0.0145. The first-order valence-corrected chi connectivity index (χ1v) is 14.2. The van der Waals surface area contributed by atoms with Gasteiger partial charge in [0.05, 0.1) is 0 Å². The molecule has 2 heterocycles. The summed E-state index contributed by atoms with van der Waals surface area (Å²) in [4.78, 5) is 63.1. The molecule has 1 saturated heterocycles. The summed E-state index contributed by atoms with van der Waals surface area (Å²) in [6.07, 6.45) is -0.233. The van der Waals surface area contributed by atoms with Gasteiger partial charge in [-0.05, 0) is 45.6 Å². The lowest BCUT2D eigenvalue weighted by Gasteiger charge is -2.35. The molecule has 2 N–H and O–H groups in total. The lowest BCUT2D eigenvalue weighted by molar-refractivity contribution is -0.155. The van der Waals surface area contributed by atoms with Gasteiger partial charge < -0.3 is 29.7 Å². The minimum Gasteiger partial charge on any atom is -0.465 e. The van der Waals surface area contributed by atoms with E-state index in [9.17, 15) is 24.3 Å². The van der Waals surface area contributed by atoms with Crippen LogP contribution >= 0.6 is 0 Å². The number of carbonyl (C=O) groups excluding carboxylic acids is 3. The van der Waals surface area contributed by atoms with Crippen LogP contribution in [-0.2, 0) is 19.1 Å². The van der Waals surface area contributed by atoms with E-state index >= 15 is 0 Å². The second-order valence-electron chi connectivity index (χ2n) is 11.7. The molecule has 1 aromatic heterocycles. The van der Waals surface area contributed by atoms with Crippen molar-refractivity contribution >= 4 is 23.9 Å². The van der Waals surface area contributed by atoms with E-state index in [1.165, 1.54) is 9.80 Å². The monoisotopic (exact) mass is 581 g/mol. The molecule has 0 unspecified atom stereocenters. The molecule has 3 amide bonds. The van der Waals surface area contributed by atoms with Gasteiger partial charge in [-0.1, -0.05) is 30.3 Å². The molecular weight excluding hydrogens is 542 g/mol. The number of hydrogen-bond donors (Lipinski definition) is 2. The van der Waals surface area contributed by atoms with E-state index < -0.39 is 35.5 Å². The van der Waals surface area contributed by atoms with Gasteiger partial charge in [0, 0.05) is 63.5 Å². The van der Waals surface area contributed by atoms with Crippen molar-refractivity contribution in [3.8, 4) is 11.4 Å². The number of rotatable bonds is 10. The Hall–Kier alpha value is -4.06. The lowest BCUT2D eigenvalue weighted by Crippen LogP contribution is -2.55. The number of nitrogens with one attached hydrogen (secondary N) is 1. The van der Waals surface area contributed by atoms with Crippen molar-refractivity contribution < 1.29 is 33.8 Å². The summed E-state index contributed by atoms with van der Waals surface area (Å²) in [7, 11) is 1.65. The molecule has 3 atom stereocenters. The van der Waals surface area contributed by atoms with Gasteiger partial charge in [-0.3, -0.25) is 14.4 Å². The average Bonchev–Trinajstić information content (AvgIpc) is 3.73. The van der Waals surface area contributed by atoms with Crippen LogP contribution in [-0.4, -0.2) is 100 Å². The quantitative estimate of drug-likeness (QED) is 0.404. The zero-order chi connectivity index (χ0) is 30.4. The fourth-order valence-corrected chi connectivity index (χ4v) is 4.98. The molecule has 2 fully saturated rings. The van der Waals surface area contributed by atoms with E-state index in [2.05, 4.69) is 10.3 Å². The van der Waals surface area contributed by atoms with Crippen LogP contribution in [0.5, 0.6) is 0 Å². The van der Waals surface area contributed by atoms with Crippen molar-refractivity contribution in [2.75, 3.05) is 39.9 Å². The standard InChI is InChI=1S/C30H39N5O7/c1-30(2,3)42-25(36)11-10-22(28(38)34-12-14-35(15-13-34)29(39)40)33-27(37)24-17-23(21-16-20(21)18-41-4)31-26(32-24)19-8-6-5-7-9-19/h5-9,17,20-22H,10-16,18H2,1-4H3,(H,33,37)(H,39,40)/t20-,21+,22+/m1/s1. The largest absolute Gasteiger partial charge is 0.465 e. The Balaban J connectivity index is 1.56. The minimum atomic E-state index is -1.05. The Morgan fingerprint density at radius 3 is 2.33 bits per heavy atom. The second kappa shape index (κ2) is 13.3. The van der Waals surface area contributed by atoms with Gasteiger partial charge in [-0.25, -0.2) is 14.8 Å². The van der Waals surface area contributed by atoms with E-state index in [-0.39, 0.29) is 50.6 Å². The highest BCUT2D eigenvalue weighted by molar-refractivity contribution is 5.96. The predicted octanol–water partition coefficient (Wildman–Crippen LogP) is 2.94. The summed E-state index contributed by atoms with van der Waals surface area (Å²) < 4.78 is 10.7. The Kier molecular flexibility index (Phi) is 9.77. The number of amides is 3. The second-order valence-corrected chi connectivity index (χ2v) is 11.7. The van der Waals surface area contributed by atoms with Crippen molar-refractivity contribution in [3.05, 3.63) is 47.8 Å². The Bertz CT molecular complexity index is 1290. The number of aromatic nitrogens is 2. The normalized spacial score (nSPS) is 19.1. The van der Waals surface area contributed by atoms with Crippen molar-refractivity contribution in [1.82, 2.24) is 25.1 Å². The molecule has 1 aromatic carbocycles. The zero-order valence-electron chi connectivity index (χ0n) is 24.5. The molecule has 1 saturated carbocycles. The molecule has 12 heteroatoms. The first-order valence-electron chi connectivity index (χ1n) is 14.2. The van der Waals surface area contributed by atoms with E-state index in [4.69, 9.17) is 14.5 Å². The van der Waals surface area contributed by atoms with Gasteiger partial charge in [0.1, 0.15) is 17.3 Å². The summed E-state index contributed by atoms with van der Waals surface area (Å²) in [5.41, 5.74) is 0.915. The Morgan fingerprint density at radius 2 is 1.71 bits per heavy atom. The van der Waals surface area contributed by atoms with Crippen molar-refractivity contribution in [2.45, 2.75) is 57.6 Å². The Labute approximate surface area is 245 Å². The highest BCUT2D eigenvalue weighted by Crippen LogP contribution is 2.47. The third-order valence-electron chi connectivity index (χ3n) is 7.22. The van der Waals surface area contributed by atoms with Gasteiger partial charge in [-0.15, -0.1) is 0 Å². The van der Waals surface area contributed by atoms with Crippen LogP contribution in [0.1, 0.15) is 62.1 Å². The third-order valence-corrected chi connectivity index (χ3v) is 7.22.